The quantitative estimate of drug-likeness (QED) is 0.647. The molecule has 106 valence electrons. The van der Waals surface area contributed by atoms with Gasteiger partial charge in [0.15, 0.2) is 0 Å². The highest BCUT2D eigenvalue weighted by molar-refractivity contribution is 5.31. The average Bonchev–Trinajstić information content (AvgIpc) is 2.39. The summed E-state index contributed by atoms with van der Waals surface area (Å²) in [5, 5.41) is 0. The first-order valence-corrected chi connectivity index (χ1v) is 6.94. The summed E-state index contributed by atoms with van der Waals surface area (Å²) in [6, 6.07) is 10.3. The van der Waals surface area contributed by atoms with Gasteiger partial charge < -0.3 is 0 Å². The van der Waals surface area contributed by atoms with Crippen molar-refractivity contribution in [3.63, 3.8) is 0 Å². The van der Waals surface area contributed by atoms with Crippen LogP contribution in [0.5, 0.6) is 0 Å². The summed E-state index contributed by atoms with van der Waals surface area (Å²) in [5.41, 5.74) is 6.19. The first-order chi connectivity index (χ1) is 9.60. The van der Waals surface area contributed by atoms with Crippen LogP contribution in [0.4, 0.5) is 0 Å². The van der Waals surface area contributed by atoms with Crippen LogP contribution in [0.15, 0.2) is 36.5 Å². The summed E-state index contributed by atoms with van der Waals surface area (Å²) in [5.74, 6) is 7.11. The van der Waals surface area contributed by atoms with Gasteiger partial charge in [-0.05, 0) is 36.5 Å². The van der Waals surface area contributed by atoms with Gasteiger partial charge in [0.25, 0.3) is 0 Å². The van der Waals surface area contributed by atoms with E-state index < -0.39 is 0 Å². The number of rotatable bonds is 5. The monoisotopic (exact) mass is 270 g/mol. The Labute approximate surface area is 120 Å². The molecule has 0 saturated heterocycles. The van der Waals surface area contributed by atoms with E-state index in [1.165, 1.54) is 5.56 Å². The molecule has 1 atom stereocenters. The maximum absolute atomic E-state index is 5.73. The molecule has 0 amide bonds. The standard InChI is InChI=1S/C16H22N4/c1-11(2)9-13-5-4-6-14(10-13)16(20-17)15-7-8-18-12(3)19-15/h4-8,10-11,16,20H,9,17H2,1-3H3. The number of hydrogen-bond donors (Lipinski definition) is 2. The lowest BCUT2D eigenvalue weighted by molar-refractivity contribution is 0.612. The predicted octanol–water partition coefficient (Wildman–Crippen LogP) is 2.54. The van der Waals surface area contributed by atoms with Crippen LogP contribution in [0, 0.1) is 12.8 Å². The Hall–Kier alpha value is -1.78. The van der Waals surface area contributed by atoms with E-state index in [0.717, 1.165) is 23.5 Å². The molecular weight excluding hydrogens is 248 g/mol. The highest BCUT2D eigenvalue weighted by atomic mass is 15.2. The van der Waals surface area contributed by atoms with Crippen molar-refractivity contribution in [3.8, 4) is 0 Å². The maximum Gasteiger partial charge on any atom is 0.125 e. The largest absolute Gasteiger partial charge is 0.271 e. The topological polar surface area (TPSA) is 63.8 Å². The molecule has 4 nitrogen and oxygen atoms in total. The number of nitrogens with two attached hydrogens (primary N) is 1. The minimum atomic E-state index is -0.108. The molecule has 1 unspecified atom stereocenters. The Morgan fingerprint density at radius 1 is 1.25 bits per heavy atom. The molecule has 2 rings (SSSR count). The Morgan fingerprint density at radius 2 is 2.05 bits per heavy atom. The van der Waals surface area contributed by atoms with E-state index in [4.69, 9.17) is 5.84 Å². The molecule has 1 aromatic carbocycles. The summed E-state index contributed by atoms with van der Waals surface area (Å²) in [4.78, 5) is 8.59. The first-order valence-electron chi connectivity index (χ1n) is 6.94. The van der Waals surface area contributed by atoms with E-state index in [-0.39, 0.29) is 6.04 Å². The maximum atomic E-state index is 5.73. The van der Waals surface area contributed by atoms with Crippen LogP contribution in [0.25, 0.3) is 0 Å². The molecule has 0 fully saturated rings. The number of benzene rings is 1. The molecular formula is C16H22N4. The number of aryl methyl sites for hydroxylation is 1. The molecule has 20 heavy (non-hydrogen) atoms. The van der Waals surface area contributed by atoms with Crippen molar-refractivity contribution in [2.45, 2.75) is 33.2 Å². The number of aromatic nitrogens is 2. The van der Waals surface area contributed by atoms with Crippen LogP contribution < -0.4 is 11.3 Å². The Bertz CT molecular complexity index is 566. The van der Waals surface area contributed by atoms with Crippen molar-refractivity contribution in [1.82, 2.24) is 15.4 Å². The second-order valence-electron chi connectivity index (χ2n) is 5.47. The Balaban J connectivity index is 2.32. The zero-order valence-corrected chi connectivity index (χ0v) is 12.3. The van der Waals surface area contributed by atoms with Crippen molar-refractivity contribution in [2.75, 3.05) is 0 Å². The molecule has 2 aromatic rings. The average molecular weight is 270 g/mol. The third-order valence-electron chi connectivity index (χ3n) is 3.19. The molecule has 0 aliphatic carbocycles. The smallest absolute Gasteiger partial charge is 0.125 e. The summed E-state index contributed by atoms with van der Waals surface area (Å²) >= 11 is 0. The lowest BCUT2D eigenvalue weighted by Gasteiger charge is -2.17. The molecule has 1 heterocycles. The predicted molar refractivity (Wildman–Crippen MR) is 80.9 cm³/mol. The second-order valence-corrected chi connectivity index (χ2v) is 5.47. The van der Waals surface area contributed by atoms with Gasteiger partial charge >= 0.3 is 0 Å². The number of nitrogens with one attached hydrogen (secondary N) is 1. The van der Waals surface area contributed by atoms with Gasteiger partial charge in [-0.25, -0.2) is 15.4 Å². The van der Waals surface area contributed by atoms with Crippen LogP contribution in [0.3, 0.4) is 0 Å². The highest BCUT2D eigenvalue weighted by Gasteiger charge is 2.14. The van der Waals surface area contributed by atoms with Crippen LogP contribution in [0.1, 0.15) is 42.5 Å². The Kier molecular flexibility index (Phi) is 4.82. The second kappa shape index (κ2) is 6.59. The fraction of sp³-hybridized carbons (Fsp3) is 0.375. The minimum Gasteiger partial charge on any atom is -0.271 e. The van der Waals surface area contributed by atoms with Gasteiger partial charge in [0.2, 0.25) is 0 Å². The summed E-state index contributed by atoms with van der Waals surface area (Å²) < 4.78 is 0. The van der Waals surface area contributed by atoms with Crippen LogP contribution in [-0.4, -0.2) is 9.97 Å². The van der Waals surface area contributed by atoms with Crippen molar-refractivity contribution in [3.05, 3.63) is 59.2 Å². The van der Waals surface area contributed by atoms with Gasteiger partial charge in [-0.15, -0.1) is 0 Å². The van der Waals surface area contributed by atoms with E-state index in [2.05, 4.69) is 53.5 Å². The highest BCUT2D eigenvalue weighted by Crippen LogP contribution is 2.21. The molecule has 0 saturated carbocycles. The third-order valence-corrected chi connectivity index (χ3v) is 3.19. The van der Waals surface area contributed by atoms with Gasteiger partial charge in [0.05, 0.1) is 11.7 Å². The fourth-order valence-electron chi connectivity index (χ4n) is 2.36. The van der Waals surface area contributed by atoms with Gasteiger partial charge in [-0.1, -0.05) is 38.1 Å². The zero-order chi connectivity index (χ0) is 14.5. The minimum absolute atomic E-state index is 0.108. The lowest BCUT2D eigenvalue weighted by atomic mass is 9.97. The number of nitrogens with zero attached hydrogens (tertiary/aromatic N) is 2. The van der Waals surface area contributed by atoms with Crippen molar-refractivity contribution >= 4 is 0 Å². The summed E-state index contributed by atoms with van der Waals surface area (Å²) in [7, 11) is 0. The van der Waals surface area contributed by atoms with E-state index in [0.29, 0.717) is 5.92 Å². The van der Waals surface area contributed by atoms with Gasteiger partial charge in [-0.2, -0.15) is 0 Å². The van der Waals surface area contributed by atoms with Crippen molar-refractivity contribution in [2.24, 2.45) is 11.8 Å². The normalized spacial score (nSPS) is 12.7. The SMILES string of the molecule is Cc1nccc(C(NN)c2cccc(CC(C)C)c2)n1. The van der Waals surface area contributed by atoms with Crippen molar-refractivity contribution < 1.29 is 0 Å². The van der Waals surface area contributed by atoms with Crippen LogP contribution in [-0.2, 0) is 6.42 Å². The van der Waals surface area contributed by atoms with Gasteiger partial charge in [0.1, 0.15) is 5.82 Å². The number of hydrazine groups is 1. The van der Waals surface area contributed by atoms with Crippen LogP contribution >= 0.6 is 0 Å². The lowest BCUT2D eigenvalue weighted by Crippen LogP contribution is -2.29. The third kappa shape index (κ3) is 3.62. The molecule has 0 spiro atoms. The Morgan fingerprint density at radius 3 is 2.70 bits per heavy atom. The fourth-order valence-corrected chi connectivity index (χ4v) is 2.36. The van der Waals surface area contributed by atoms with E-state index in [9.17, 15) is 0 Å². The van der Waals surface area contributed by atoms with Crippen molar-refractivity contribution in [1.29, 1.82) is 0 Å². The van der Waals surface area contributed by atoms with Gasteiger partial charge in [-0.3, -0.25) is 5.84 Å². The molecule has 0 bridgehead atoms. The molecule has 0 aliphatic heterocycles. The van der Waals surface area contributed by atoms with Gasteiger partial charge in [0, 0.05) is 6.20 Å². The molecule has 1 aromatic heterocycles. The summed E-state index contributed by atoms with van der Waals surface area (Å²) in [6.07, 6.45) is 2.83. The number of hydrogen-bond acceptors (Lipinski definition) is 4. The van der Waals surface area contributed by atoms with Crippen LogP contribution in [0.2, 0.25) is 0 Å². The molecule has 4 heteroatoms. The van der Waals surface area contributed by atoms with E-state index in [1.54, 1.807) is 6.20 Å². The zero-order valence-electron chi connectivity index (χ0n) is 12.3. The molecule has 0 radical (unpaired) electrons. The molecule has 0 aliphatic rings. The first kappa shape index (κ1) is 14.6. The summed E-state index contributed by atoms with van der Waals surface area (Å²) in [6.45, 7) is 6.32. The molecule has 3 N–H and O–H groups in total. The van der Waals surface area contributed by atoms with E-state index >= 15 is 0 Å². The van der Waals surface area contributed by atoms with E-state index in [1.807, 2.05) is 13.0 Å².